The van der Waals surface area contributed by atoms with E-state index in [2.05, 4.69) is 26.7 Å². The highest BCUT2D eigenvalue weighted by Gasteiger charge is 2.07. The highest BCUT2D eigenvalue weighted by atomic mass is 32.7. The second kappa shape index (κ2) is 4.84. The average Bonchev–Trinajstić information content (AvgIpc) is 2.07. The maximum atomic E-state index is 5.08. The van der Waals surface area contributed by atoms with Gasteiger partial charge < -0.3 is 4.74 Å². The van der Waals surface area contributed by atoms with E-state index in [1.54, 1.807) is 7.11 Å². The Morgan fingerprint density at radius 1 is 1.82 bits per heavy atom. The van der Waals surface area contributed by atoms with Crippen LogP contribution < -0.4 is 0 Å². The molecule has 0 saturated heterocycles. The van der Waals surface area contributed by atoms with E-state index >= 15 is 0 Å². The van der Waals surface area contributed by atoms with Crippen molar-refractivity contribution >= 4 is 19.8 Å². The normalized spacial score (nSPS) is 23.1. The van der Waals surface area contributed by atoms with Gasteiger partial charge in [-0.3, -0.25) is 0 Å². The molecule has 0 aromatic carbocycles. The molecule has 11 heavy (non-hydrogen) atoms. The average molecular weight is 188 g/mol. The fourth-order valence-corrected chi connectivity index (χ4v) is 2.28. The van der Waals surface area contributed by atoms with Crippen LogP contribution in [0.15, 0.2) is 24.0 Å². The molecular formula is C8H13OPS. The van der Waals surface area contributed by atoms with Crippen molar-refractivity contribution < 1.29 is 4.74 Å². The van der Waals surface area contributed by atoms with Crippen LogP contribution in [-0.4, -0.2) is 12.9 Å². The molecule has 62 valence electrons. The Kier molecular flexibility index (Phi) is 4.03. The van der Waals surface area contributed by atoms with E-state index in [1.165, 1.54) is 5.75 Å². The van der Waals surface area contributed by atoms with Crippen LogP contribution >= 0.6 is 19.8 Å². The molecule has 1 aliphatic carbocycles. The summed E-state index contributed by atoms with van der Waals surface area (Å²) in [6, 6.07) is 0. The minimum Gasteiger partial charge on any atom is -0.497 e. The Labute approximate surface area is 74.2 Å². The summed E-state index contributed by atoms with van der Waals surface area (Å²) in [5.74, 6) is 2.86. The van der Waals surface area contributed by atoms with Gasteiger partial charge in [0.05, 0.1) is 7.11 Å². The summed E-state index contributed by atoms with van der Waals surface area (Å²) in [4.78, 5) is 0. The molecule has 0 radical (unpaired) electrons. The Balaban J connectivity index is 2.37. The van der Waals surface area contributed by atoms with Crippen LogP contribution in [0, 0.1) is 5.92 Å². The first-order valence-corrected chi connectivity index (χ1v) is 6.07. The van der Waals surface area contributed by atoms with Gasteiger partial charge in [-0.25, -0.2) is 0 Å². The van der Waals surface area contributed by atoms with Crippen molar-refractivity contribution in [2.24, 2.45) is 5.92 Å². The van der Waals surface area contributed by atoms with Crippen LogP contribution in [0.25, 0.3) is 0 Å². The second-order valence-corrected chi connectivity index (χ2v) is 4.17. The monoisotopic (exact) mass is 188 g/mol. The van der Waals surface area contributed by atoms with Crippen molar-refractivity contribution in [1.29, 1.82) is 0 Å². The number of hydrogen-bond acceptors (Lipinski definition) is 2. The lowest BCUT2D eigenvalue weighted by Crippen LogP contribution is -2.02. The molecule has 1 nitrogen and oxygen atoms in total. The molecule has 3 heteroatoms. The third-order valence-electron chi connectivity index (χ3n) is 1.70. The van der Waals surface area contributed by atoms with Gasteiger partial charge in [-0.15, -0.1) is 11.4 Å². The van der Waals surface area contributed by atoms with Crippen molar-refractivity contribution in [3.63, 3.8) is 0 Å². The number of allylic oxidation sites excluding steroid dienone is 3. The summed E-state index contributed by atoms with van der Waals surface area (Å²) in [6.45, 7) is 0. The highest BCUT2D eigenvalue weighted by Crippen LogP contribution is 2.23. The quantitative estimate of drug-likeness (QED) is 0.629. The zero-order valence-corrected chi connectivity index (χ0v) is 8.59. The zero-order chi connectivity index (χ0) is 8.10. The fraction of sp³-hybridized carbons (Fsp3) is 0.500. The molecule has 1 rings (SSSR count). The molecule has 0 amide bonds. The molecule has 0 heterocycles. The van der Waals surface area contributed by atoms with Gasteiger partial charge in [0.2, 0.25) is 0 Å². The van der Waals surface area contributed by atoms with Gasteiger partial charge in [-0.05, 0) is 24.5 Å². The predicted molar refractivity (Wildman–Crippen MR) is 54.5 cm³/mol. The van der Waals surface area contributed by atoms with Crippen molar-refractivity contribution in [3.05, 3.63) is 24.0 Å². The largest absolute Gasteiger partial charge is 0.497 e. The van der Waals surface area contributed by atoms with Gasteiger partial charge in [0.25, 0.3) is 0 Å². The SMILES string of the molecule is COC1=CCC(CSP)C=C1. The van der Waals surface area contributed by atoms with Crippen molar-refractivity contribution in [3.8, 4) is 0 Å². The van der Waals surface area contributed by atoms with Gasteiger partial charge in [0, 0.05) is 5.75 Å². The summed E-state index contributed by atoms with van der Waals surface area (Å²) in [5.41, 5.74) is 0. The molecule has 0 fully saturated rings. The molecule has 2 atom stereocenters. The first-order chi connectivity index (χ1) is 5.36. The Morgan fingerprint density at radius 2 is 2.64 bits per heavy atom. The smallest absolute Gasteiger partial charge is 0.114 e. The lowest BCUT2D eigenvalue weighted by atomic mass is 10.0. The minimum atomic E-state index is 0.691. The van der Waals surface area contributed by atoms with Crippen molar-refractivity contribution in [1.82, 2.24) is 0 Å². The highest BCUT2D eigenvalue weighted by molar-refractivity contribution is 8.43. The standard InChI is InChI=1S/C8H13OPS/c1-9-8-4-2-7(3-5-8)6-11-10/h2,4-5,7H,3,6,10H2,1H3. The Hall–Kier alpha value is 0.0600. The molecule has 0 bridgehead atoms. The number of ether oxygens (including phenoxy) is 1. The van der Waals surface area contributed by atoms with Gasteiger partial charge in [0.1, 0.15) is 5.76 Å². The maximum Gasteiger partial charge on any atom is 0.114 e. The number of rotatable bonds is 3. The van der Waals surface area contributed by atoms with Crippen LogP contribution in [-0.2, 0) is 4.74 Å². The molecular weight excluding hydrogens is 175 g/mol. The van der Waals surface area contributed by atoms with Crippen LogP contribution in [0.5, 0.6) is 0 Å². The molecule has 0 aliphatic heterocycles. The fourth-order valence-electron chi connectivity index (χ4n) is 1.04. The van der Waals surface area contributed by atoms with E-state index in [1.807, 2.05) is 11.4 Å². The van der Waals surface area contributed by atoms with Crippen LogP contribution in [0.1, 0.15) is 6.42 Å². The molecule has 0 N–H and O–H groups in total. The first-order valence-electron chi connectivity index (χ1n) is 3.61. The maximum absolute atomic E-state index is 5.08. The van der Waals surface area contributed by atoms with E-state index in [-0.39, 0.29) is 0 Å². The second-order valence-electron chi connectivity index (χ2n) is 2.50. The minimum absolute atomic E-state index is 0.691. The molecule has 0 saturated carbocycles. The zero-order valence-electron chi connectivity index (χ0n) is 6.62. The summed E-state index contributed by atoms with van der Waals surface area (Å²) in [5, 5.41) is 0. The van der Waals surface area contributed by atoms with Gasteiger partial charge >= 0.3 is 0 Å². The summed E-state index contributed by atoms with van der Waals surface area (Å²) in [6.07, 6.45) is 7.53. The lowest BCUT2D eigenvalue weighted by Gasteiger charge is -2.13. The molecule has 0 aromatic heterocycles. The first kappa shape index (κ1) is 9.15. The summed E-state index contributed by atoms with van der Waals surface area (Å²) in [7, 11) is 4.39. The van der Waals surface area contributed by atoms with Crippen LogP contribution in [0.3, 0.4) is 0 Å². The van der Waals surface area contributed by atoms with Crippen molar-refractivity contribution in [2.75, 3.05) is 12.9 Å². The summed E-state index contributed by atoms with van der Waals surface area (Å²) < 4.78 is 5.08. The van der Waals surface area contributed by atoms with Crippen molar-refractivity contribution in [2.45, 2.75) is 6.42 Å². The number of methoxy groups -OCH3 is 1. The summed E-state index contributed by atoms with van der Waals surface area (Å²) >= 11 is 1.81. The van der Waals surface area contributed by atoms with Gasteiger partial charge in [-0.1, -0.05) is 14.5 Å². The van der Waals surface area contributed by atoms with E-state index in [0.717, 1.165) is 12.2 Å². The van der Waals surface area contributed by atoms with E-state index in [4.69, 9.17) is 4.74 Å². The third-order valence-corrected chi connectivity index (χ3v) is 2.90. The van der Waals surface area contributed by atoms with Gasteiger partial charge in [-0.2, -0.15) is 0 Å². The molecule has 1 aliphatic rings. The topological polar surface area (TPSA) is 9.23 Å². The van der Waals surface area contributed by atoms with E-state index in [0.29, 0.717) is 5.92 Å². The lowest BCUT2D eigenvalue weighted by molar-refractivity contribution is 0.302. The number of hydrogen-bond donors (Lipinski definition) is 0. The van der Waals surface area contributed by atoms with Crippen LogP contribution in [0.4, 0.5) is 0 Å². The van der Waals surface area contributed by atoms with Crippen LogP contribution in [0.2, 0.25) is 0 Å². The van der Waals surface area contributed by atoms with E-state index in [9.17, 15) is 0 Å². The molecule has 2 unspecified atom stereocenters. The third kappa shape index (κ3) is 2.88. The Morgan fingerprint density at radius 3 is 3.09 bits per heavy atom. The Bertz CT molecular complexity index is 177. The molecule has 0 spiro atoms. The predicted octanol–water partition coefficient (Wildman–Crippen LogP) is 2.62. The van der Waals surface area contributed by atoms with Gasteiger partial charge in [0.15, 0.2) is 0 Å². The van der Waals surface area contributed by atoms with E-state index < -0.39 is 0 Å². The molecule has 0 aromatic rings.